The second kappa shape index (κ2) is 6.23. The summed E-state index contributed by atoms with van der Waals surface area (Å²) in [5.74, 6) is -0.396. The number of nitrogens with zero attached hydrogens (tertiary/aromatic N) is 2. The highest BCUT2D eigenvalue weighted by atomic mass is 127. The normalized spacial score (nSPS) is 10.7. The van der Waals surface area contributed by atoms with Crippen LogP contribution < -0.4 is 5.43 Å². The number of halogens is 1. The minimum Gasteiger partial charge on any atom is -0.272 e. The van der Waals surface area contributed by atoms with Crippen molar-refractivity contribution in [3.8, 4) is 6.07 Å². The van der Waals surface area contributed by atoms with Gasteiger partial charge in [0, 0.05) is 3.57 Å². The molecule has 0 bridgehead atoms. The Morgan fingerprint density at radius 3 is 2.69 bits per heavy atom. The van der Waals surface area contributed by atoms with E-state index in [1.54, 1.807) is 13.0 Å². The third-order valence-corrected chi connectivity index (χ3v) is 2.57. The van der Waals surface area contributed by atoms with E-state index in [1.807, 2.05) is 24.3 Å². The Labute approximate surface area is 107 Å². The molecule has 1 aromatic rings. The van der Waals surface area contributed by atoms with Gasteiger partial charge in [-0.2, -0.15) is 10.4 Å². The number of rotatable bonds is 3. The van der Waals surface area contributed by atoms with Crippen molar-refractivity contribution >= 4 is 34.2 Å². The van der Waals surface area contributed by atoms with Crippen LogP contribution >= 0.6 is 22.6 Å². The maximum Gasteiger partial charge on any atom is 0.254 e. The van der Waals surface area contributed by atoms with Crippen molar-refractivity contribution in [3.63, 3.8) is 0 Å². The summed E-state index contributed by atoms with van der Waals surface area (Å²) in [6.07, 6.45) is -0.177. The molecular formula is C11H10IN3O. The highest BCUT2D eigenvalue weighted by Gasteiger charge is 2.00. The highest BCUT2D eigenvalue weighted by Crippen LogP contribution is 2.07. The van der Waals surface area contributed by atoms with Gasteiger partial charge in [0.2, 0.25) is 0 Å². The van der Waals surface area contributed by atoms with Crippen molar-refractivity contribution in [2.45, 2.75) is 13.3 Å². The summed E-state index contributed by atoms with van der Waals surface area (Å²) < 4.78 is 1.14. The number of benzene rings is 1. The first-order chi connectivity index (χ1) is 7.63. The summed E-state index contributed by atoms with van der Waals surface area (Å²) in [6, 6.07) is 9.54. The third-order valence-electron chi connectivity index (χ3n) is 1.85. The second-order valence-electron chi connectivity index (χ2n) is 3.07. The summed E-state index contributed by atoms with van der Waals surface area (Å²) in [7, 11) is 0. The van der Waals surface area contributed by atoms with E-state index in [2.05, 4.69) is 33.1 Å². The standard InChI is InChI=1S/C11H10IN3O/c1-8(14-15-11(16)6-7-13)9-2-4-10(12)5-3-9/h2-5H,6H2,1H3,(H,15,16)/b14-8-. The SMILES string of the molecule is C/C(=N/NC(=O)CC#N)c1ccc(I)cc1. The second-order valence-corrected chi connectivity index (χ2v) is 4.32. The van der Waals surface area contributed by atoms with Crippen LogP contribution in [-0.4, -0.2) is 11.6 Å². The minimum absolute atomic E-state index is 0.177. The zero-order valence-electron chi connectivity index (χ0n) is 8.70. The summed E-state index contributed by atoms with van der Waals surface area (Å²) in [6.45, 7) is 1.80. The van der Waals surface area contributed by atoms with Crippen LogP contribution in [0.15, 0.2) is 29.4 Å². The van der Waals surface area contributed by atoms with Gasteiger partial charge < -0.3 is 0 Å². The van der Waals surface area contributed by atoms with E-state index in [0.717, 1.165) is 9.13 Å². The minimum atomic E-state index is -0.396. The van der Waals surface area contributed by atoms with Crippen molar-refractivity contribution in [3.05, 3.63) is 33.4 Å². The lowest BCUT2D eigenvalue weighted by Crippen LogP contribution is -2.18. The maximum atomic E-state index is 11.0. The molecule has 0 unspecified atom stereocenters. The average molecular weight is 327 g/mol. The summed E-state index contributed by atoms with van der Waals surface area (Å²) >= 11 is 2.22. The van der Waals surface area contributed by atoms with Crippen LogP contribution in [0.4, 0.5) is 0 Å². The van der Waals surface area contributed by atoms with Gasteiger partial charge in [0.25, 0.3) is 5.91 Å². The molecule has 0 fully saturated rings. The number of hydrazone groups is 1. The predicted octanol–water partition coefficient (Wildman–Crippen LogP) is 2.05. The molecule has 0 aromatic heterocycles. The molecule has 1 N–H and O–H groups in total. The molecule has 0 heterocycles. The molecule has 4 nitrogen and oxygen atoms in total. The zero-order valence-corrected chi connectivity index (χ0v) is 10.9. The molecule has 0 saturated carbocycles. The molecule has 0 aliphatic heterocycles. The lowest BCUT2D eigenvalue weighted by molar-refractivity contribution is -0.120. The van der Waals surface area contributed by atoms with E-state index in [1.165, 1.54) is 0 Å². The Morgan fingerprint density at radius 2 is 2.12 bits per heavy atom. The van der Waals surface area contributed by atoms with E-state index in [4.69, 9.17) is 5.26 Å². The van der Waals surface area contributed by atoms with Crippen LogP contribution in [0.25, 0.3) is 0 Å². The van der Waals surface area contributed by atoms with Crippen molar-refractivity contribution in [1.29, 1.82) is 5.26 Å². The van der Waals surface area contributed by atoms with Gasteiger partial charge in [0.1, 0.15) is 6.42 Å². The van der Waals surface area contributed by atoms with Gasteiger partial charge >= 0.3 is 0 Å². The number of hydrogen-bond acceptors (Lipinski definition) is 3. The highest BCUT2D eigenvalue weighted by molar-refractivity contribution is 14.1. The number of carbonyl (C=O) groups is 1. The van der Waals surface area contributed by atoms with E-state index < -0.39 is 5.91 Å². The molecule has 0 atom stereocenters. The lowest BCUT2D eigenvalue weighted by Gasteiger charge is -2.01. The quantitative estimate of drug-likeness (QED) is 0.525. The van der Waals surface area contributed by atoms with Crippen LogP contribution in [0.1, 0.15) is 18.9 Å². The first-order valence-electron chi connectivity index (χ1n) is 4.59. The van der Waals surface area contributed by atoms with Crippen LogP contribution in [0, 0.1) is 14.9 Å². The summed E-state index contributed by atoms with van der Waals surface area (Å²) in [5.41, 5.74) is 3.97. The predicted molar refractivity (Wildman–Crippen MR) is 69.7 cm³/mol. The van der Waals surface area contributed by atoms with E-state index in [0.29, 0.717) is 5.71 Å². The molecule has 1 aromatic carbocycles. The van der Waals surface area contributed by atoms with E-state index in [9.17, 15) is 4.79 Å². The smallest absolute Gasteiger partial charge is 0.254 e. The molecule has 0 aliphatic rings. The lowest BCUT2D eigenvalue weighted by atomic mass is 10.1. The Morgan fingerprint density at radius 1 is 1.50 bits per heavy atom. The van der Waals surface area contributed by atoms with Gasteiger partial charge in [-0.25, -0.2) is 5.43 Å². The van der Waals surface area contributed by atoms with Gasteiger partial charge in [-0.05, 0) is 47.2 Å². The van der Waals surface area contributed by atoms with Crippen LogP contribution in [-0.2, 0) is 4.79 Å². The summed E-state index contributed by atoms with van der Waals surface area (Å²) in [5, 5.41) is 12.2. The number of hydrogen-bond donors (Lipinski definition) is 1. The fraction of sp³-hybridized carbons (Fsp3) is 0.182. The molecule has 16 heavy (non-hydrogen) atoms. The number of carbonyl (C=O) groups excluding carboxylic acids is 1. The van der Waals surface area contributed by atoms with Gasteiger partial charge in [-0.3, -0.25) is 4.79 Å². The van der Waals surface area contributed by atoms with Crippen molar-refractivity contribution in [2.24, 2.45) is 5.10 Å². The Balaban J connectivity index is 2.67. The first kappa shape index (κ1) is 12.6. The van der Waals surface area contributed by atoms with Crippen LogP contribution in [0.3, 0.4) is 0 Å². The molecule has 82 valence electrons. The van der Waals surface area contributed by atoms with Crippen molar-refractivity contribution in [2.75, 3.05) is 0 Å². The Bertz CT molecular complexity index is 445. The molecule has 0 aliphatic carbocycles. The zero-order chi connectivity index (χ0) is 12.0. The molecule has 0 saturated heterocycles. The van der Waals surface area contributed by atoms with Gasteiger partial charge in [-0.1, -0.05) is 12.1 Å². The van der Waals surface area contributed by atoms with Gasteiger partial charge in [-0.15, -0.1) is 0 Å². The first-order valence-corrected chi connectivity index (χ1v) is 5.67. The monoisotopic (exact) mass is 327 g/mol. The Hall–Kier alpha value is -1.42. The Kier molecular flexibility index (Phi) is 4.92. The maximum absolute atomic E-state index is 11.0. The van der Waals surface area contributed by atoms with Crippen molar-refractivity contribution in [1.82, 2.24) is 5.43 Å². The average Bonchev–Trinajstić information content (AvgIpc) is 2.27. The molecule has 1 rings (SSSR count). The van der Waals surface area contributed by atoms with E-state index >= 15 is 0 Å². The molecule has 5 heteroatoms. The topological polar surface area (TPSA) is 65.2 Å². The van der Waals surface area contributed by atoms with E-state index in [-0.39, 0.29) is 6.42 Å². The van der Waals surface area contributed by atoms with Gasteiger partial charge in [0.15, 0.2) is 0 Å². The molecule has 1 amide bonds. The fourth-order valence-electron chi connectivity index (χ4n) is 1.01. The largest absolute Gasteiger partial charge is 0.272 e. The molecular weight excluding hydrogens is 317 g/mol. The van der Waals surface area contributed by atoms with Crippen LogP contribution in [0.2, 0.25) is 0 Å². The molecule has 0 radical (unpaired) electrons. The number of nitrogens with one attached hydrogen (secondary N) is 1. The third kappa shape index (κ3) is 3.98. The van der Waals surface area contributed by atoms with Crippen molar-refractivity contribution < 1.29 is 4.79 Å². The number of nitriles is 1. The molecule has 0 spiro atoms. The number of amides is 1. The van der Waals surface area contributed by atoms with Crippen LogP contribution in [0.5, 0.6) is 0 Å². The fourth-order valence-corrected chi connectivity index (χ4v) is 1.37. The van der Waals surface area contributed by atoms with Gasteiger partial charge in [0.05, 0.1) is 11.8 Å². The summed E-state index contributed by atoms with van der Waals surface area (Å²) in [4.78, 5) is 11.0.